The molecule has 4 aromatic carbocycles. The highest BCUT2D eigenvalue weighted by atomic mass is 35.5. The van der Waals surface area contributed by atoms with Crippen molar-refractivity contribution in [2.24, 2.45) is 10.8 Å². The van der Waals surface area contributed by atoms with Gasteiger partial charge in [0.2, 0.25) is 23.0 Å². The second-order valence-electron chi connectivity index (χ2n) is 25.1. The molecule has 4 heterocycles. The Kier molecular flexibility index (Phi) is 25.0. The van der Waals surface area contributed by atoms with E-state index < -0.39 is 19.5 Å². The number of allylic oxidation sites excluding steroid dienone is 1. The molecule has 2 aromatic heterocycles. The number of nitrogen functional groups attached to an aromatic ring is 1. The molecule has 1 amide bonds. The Morgan fingerprint density at radius 1 is 0.615 bits per heavy atom. The van der Waals surface area contributed by atoms with Crippen molar-refractivity contribution in [1.82, 2.24) is 29.7 Å². The number of piperidine rings is 2. The van der Waals surface area contributed by atoms with Crippen molar-refractivity contribution >= 4 is 140 Å². The van der Waals surface area contributed by atoms with Crippen LogP contribution < -0.4 is 52.7 Å². The molecule has 6 aromatic rings. The lowest BCUT2D eigenvalue weighted by molar-refractivity contribution is -0.112. The number of nitrogens with one attached hydrogen (secondary N) is 5. The summed E-state index contributed by atoms with van der Waals surface area (Å²) in [4.78, 5) is 49.4. The molecule has 2 aliphatic heterocycles. The molecule has 0 atom stereocenters. The second-order valence-corrected chi connectivity index (χ2v) is 32.6. The number of aromatic nitrogens is 4. The molecule has 4 aliphatic rings. The van der Waals surface area contributed by atoms with E-state index in [-0.39, 0.29) is 5.91 Å². The first kappa shape index (κ1) is 70.4. The van der Waals surface area contributed by atoms with E-state index in [1.807, 2.05) is 78.9 Å². The maximum atomic E-state index is 12.8. The van der Waals surface area contributed by atoms with Gasteiger partial charge < -0.3 is 61.0 Å². The number of para-hydroxylation sites is 2. The van der Waals surface area contributed by atoms with Gasteiger partial charge in [0.05, 0.1) is 46.5 Å². The van der Waals surface area contributed by atoms with E-state index >= 15 is 0 Å². The fourth-order valence-electron chi connectivity index (χ4n) is 12.6. The third-order valence-corrected chi connectivity index (χ3v) is 21.7. The topological polar surface area (TPSA) is 219 Å². The number of benzene rings is 4. The zero-order chi connectivity index (χ0) is 67.0. The number of carbonyl (C=O) groups excluding carboxylic acids is 2. The maximum absolute atomic E-state index is 12.8. The minimum absolute atomic E-state index is 0.268. The predicted molar refractivity (Wildman–Crippen MR) is 386 cm³/mol. The van der Waals surface area contributed by atoms with E-state index in [2.05, 4.69) is 114 Å². The molecule has 0 radical (unpaired) electrons. The van der Waals surface area contributed by atoms with Crippen LogP contribution in [0.15, 0.2) is 123 Å². The highest BCUT2D eigenvalue weighted by Gasteiger charge is 2.40. The number of hydrogen-bond acceptors (Lipinski definition) is 17. The fourth-order valence-corrected chi connectivity index (χ4v) is 15.2. The fraction of sp³-hybridized carbons (Fsp3) is 0.441. The van der Waals surface area contributed by atoms with Crippen molar-refractivity contribution < 1.29 is 20.1 Å². The van der Waals surface area contributed by atoms with Gasteiger partial charge in [-0.15, -0.1) is 0 Å². The largest absolute Gasteiger partial charge is 0.397 e. The number of carbonyl (C=O) groups is 2. The lowest BCUT2D eigenvalue weighted by Gasteiger charge is -2.47. The maximum Gasteiger partial charge on any atom is 0.247 e. The average molecular weight is 1340 g/mol. The first-order chi connectivity index (χ1) is 43.7. The van der Waals surface area contributed by atoms with Crippen molar-refractivity contribution in [3.05, 3.63) is 133 Å². The summed E-state index contributed by atoms with van der Waals surface area (Å²) in [6.07, 6.45) is 20.6. The molecule has 2 aliphatic carbocycles. The van der Waals surface area contributed by atoms with E-state index in [9.17, 15) is 18.7 Å². The zero-order valence-electron chi connectivity index (χ0n) is 55.3. The van der Waals surface area contributed by atoms with E-state index in [1.165, 1.54) is 76.5 Å². The number of nitrogens with zero attached hydrogens (tertiary/aromatic N) is 8. The lowest BCUT2D eigenvalue weighted by Crippen LogP contribution is -2.44. The number of rotatable bonds is 17. The van der Waals surface area contributed by atoms with Crippen LogP contribution in [0.5, 0.6) is 0 Å². The summed E-state index contributed by atoms with van der Waals surface area (Å²) in [6.45, 7) is 20.0. The minimum Gasteiger partial charge on any atom is -0.397 e. The van der Waals surface area contributed by atoms with Crippen molar-refractivity contribution in [3.63, 3.8) is 0 Å². The summed E-state index contributed by atoms with van der Waals surface area (Å²) in [5.41, 5.74) is 13.9. The SMILES string of the molecule is C=CC(=O)Cl.C=CC(=O)Nc1cc(Nc2ncc(Cl)c(Nc3ccccc3P(C)(C)=O)n2)ccc1N1CCC2(CCC(N(C)C)CC2)CC1.CN(C)C1CCC2(CC1)CCN(c1ccc(Nc3ncc(Cl)c(Nc4ccccc4P(C)(C)=O)n3)cc1N)CC2.[2H]CC. The molecule has 18 nitrogen and oxygen atoms in total. The van der Waals surface area contributed by atoms with Crippen molar-refractivity contribution in [2.45, 2.75) is 103 Å². The van der Waals surface area contributed by atoms with E-state index in [1.54, 1.807) is 39.8 Å². The average Bonchev–Trinajstić information content (AvgIpc) is 0.829. The predicted octanol–water partition coefficient (Wildman–Crippen LogP) is 15.6. The summed E-state index contributed by atoms with van der Waals surface area (Å²) in [5, 5.41) is 17.6. The number of amides is 1. The van der Waals surface area contributed by atoms with Crippen molar-refractivity contribution in [3.8, 4) is 0 Å². The third-order valence-electron chi connectivity index (χ3n) is 17.9. The summed E-state index contributed by atoms with van der Waals surface area (Å²) in [7, 11) is 3.76. The van der Waals surface area contributed by atoms with Gasteiger partial charge in [-0.1, -0.05) is 74.4 Å². The molecule has 91 heavy (non-hydrogen) atoms. The highest BCUT2D eigenvalue weighted by molar-refractivity contribution is 7.70. The van der Waals surface area contributed by atoms with Crippen LogP contribution >= 0.6 is 49.1 Å². The molecule has 7 N–H and O–H groups in total. The van der Waals surface area contributed by atoms with Gasteiger partial charge in [-0.05, 0) is 227 Å². The Morgan fingerprint density at radius 3 is 1.37 bits per heavy atom. The van der Waals surface area contributed by atoms with E-state index in [0.717, 1.165) is 79.2 Å². The van der Waals surface area contributed by atoms with Crippen molar-refractivity contribution in [1.29, 1.82) is 0 Å². The monoisotopic (exact) mass is 1340 g/mol. The van der Waals surface area contributed by atoms with Crippen LogP contribution in [0.2, 0.25) is 10.0 Å². The number of nitrogens with two attached hydrogens (primary N) is 1. The molecule has 4 fully saturated rings. The molecule has 2 saturated heterocycles. The second kappa shape index (κ2) is 32.4. The van der Waals surface area contributed by atoms with E-state index in [0.29, 0.717) is 85.4 Å². The summed E-state index contributed by atoms with van der Waals surface area (Å²) in [5.74, 6) is 1.28. The standard InChI is InChI=1S/C33H43ClN7O2P.C30H41ClN7OP.C3H3ClO.C2H6/c1-6-30(42)37-27-21-23(11-12-28(27)41-19-17-33(18-20-41)15-13-24(14-16-33)40(2)3)36-32-35-22-25(34)31(39-32)38-26-9-7-8-10-29(26)44(4,5)43;1-37(2)22-11-13-30(14-12-22)15-17-38(18-16-30)26-10-9-21(19-24(26)32)34-29-33-20-23(31)28(36-29)35-25-7-5-6-8-27(25)40(3,4)39;1-2-3(4)5;1-2/h6-12,21-22,24H,1,13-20H2,2-5H3,(H,37,42)(H2,35,36,38,39);5-10,19-20,22H,11-18,32H2,1-4H3,(H2,33,34,35,36);2H,1H2;1-2H3/i;;;1D. The van der Waals surface area contributed by atoms with Crippen LogP contribution in [0.1, 0.15) is 92.2 Å². The van der Waals surface area contributed by atoms with Crippen LogP contribution in [0.4, 0.5) is 69.0 Å². The van der Waals surface area contributed by atoms with Crippen LogP contribution in [0, 0.1) is 10.8 Å². The van der Waals surface area contributed by atoms with Crippen LogP contribution in [0.3, 0.4) is 0 Å². The number of anilines is 12. The number of halogens is 3. The molecule has 2 saturated carbocycles. The van der Waals surface area contributed by atoms with E-state index in [4.69, 9.17) is 41.9 Å². The smallest absolute Gasteiger partial charge is 0.247 e. The molecule has 0 bridgehead atoms. The van der Waals surface area contributed by atoms with Gasteiger partial charge in [-0.25, -0.2) is 9.97 Å². The first-order valence-electron chi connectivity index (χ1n) is 31.7. The quantitative estimate of drug-likeness (QED) is 0.0216. The third kappa shape index (κ3) is 19.8. The van der Waals surface area contributed by atoms with Gasteiger partial charge in [-0.2, -0.15) is 9.97 Å². The minimum atomic E-state index is -2.54. The van der Waals surface area contributed by atoms with Gasteiger partial charge in [-0.3, -0.25) is 9.59 Å². The Bertz CT molecular complexity index is 3590. The summed E-state index contributed by atoms with van der Waals surface area (Å²) in [6, 6.07) is 28.3. The highest BCUT2D eigenvalue weighted by Crippen LogP contribution is 2.49. The van der Waals surface area contributed by atoms with Crippen LogP contribution in [-0.2, 0) is 18.7 Å². The number of hydrogen-bond donors (Lipinski definition) is 6. The zero-order valence-corrected chi connectivity index (χ0v) is 58.4. The Morgan fingerprint density at radius 2 is 1.00 bits per heavy atom. The van der Waals surface area contributed by atoms with Gasteiger partial charge in [0.25, 0.3) is 0 Å². The Balaban J connectivity index is 0.000000235. The first-order valence-corrected chi connectivity index (χ1v) is 37.3. The molecule has 2 spiro atoms. The van der Waals surface area contributed by atoms with Crippen LogP contribution in [0.25, 0.3) is 0 Å². The van der Waals surface area contributed by atoms with Crippen LogP contribution in [-0.4, -0.2) is 134 Å². The Hall–Kier alpha value is -6.49. The molecular weight excluding hydrogens is 1250 g/mol. The Labute approximate surface area is 556 Å². The molecular formula is C68H93Cl3N14O4P2. The summed E-state index contributed by atoms with van der Waals surface area (Å²) >= 11 is 17.6. The van der Waals surface area contributed by atoms with Gasteiger partial charge in [0, 0.05) is 61.6 Å². The lowest BCUT2D eigenvalue weighted by atomic mass is 9.66. The normalized spacial score (nSPS) is 17.2. The van der Waals surface area contributed by atoms with Gasteiger partial charge in [0.1, 0.15) is 24.3 Å². The molecule has 23 heteroatoms. The summed E-state index contributed by atoms with van der Waals surface area (Å²) < 4.78 is 31.8. The van der Waals surface area contributed by atoms with Crippen molar-refractivity contribution in [2.75, 3.05) is 123 Å². The van der Waals surface area contributed by atoms with Gasteiger partial charge in [0.15, 0.2) is 11.6 Å². The molecule has 10 rings (SSSR count). The molecule has 0 unspecified atom stereocenters. The molecule has 490 valence electrons. The van der Waals surface area contributed by atoms with Gasteiger partial charge >= 0.3 is 0 Å².